The number of hydrogen-bond acceptors (Lipinski definition) is 4. The van der Waals surface area contributed by atoms with Gasteiger partial charge < -0.3 is 0 Å². The second kappa shape index (κ2) is 7.66. The fourth-order valence-corrected chi connectivity index (χ4v) is 3.63. The molecule has 3 rings (SSSR count). The van der Waals surface area contributed by atoms with Gasteiger partial charge in [-0.2, -0.15) is 0 Å². The summed E-state index contributed by atoms with van der Waals surface area (Å²) in [5.41, 5.74) is 1.30. The van der Waals surface area contributed by atoms with E-state index in [4.69, 9.17) is 0 Å². The van der Waals surface area contributed by atoms with E-state index in [1.165, 1.54) is 11.8 Å². The van der Waals surface area contributed by atoms with Crippen molar-refractivity contribution in [2.45, 2.75) is 31.5 Å². The molecule has 0 radical (unpaired) electrons. The average molecular weight is 352 g/mol. The van der Waals surface area contributed by atoms with Crippen LogP contribution in [0.5, 0.6) is 0 Å². The number of rotatable bonds is 6. The molecule has 0 saturated heterocycles. The first-order valence-electron chi connectivity index (χ1n) is 8.34. The van der Waals surface area contributed by atoms with Crippen molar-refractivity contribution < 1.29 is 4.79 Å². The third-order valence-corrected chi connectivity index (χ3v) is 5.19. The van der Waals surface area contributed by atoms with Crippen LogP contribution in [0.15, 0.2) is 64.5 Å². The number of Topliss-reactive ketones (excluding diaryl/α,β-unsaturated/α-hetero) is 1. The molecule has 0 fully saturated rings. The summed E-state index contributed by atoms with van der Waals surface area (Å²) in [7, 11) is 0. The Labute approximate surface area is 150 Å². The molecular formula is C20H20N2O2S. The zero-order valence-electron chi connectivity index (χ0n) is 14.3. The van der Waals surface area contributed by atoms with Crippen molar-refractivity contribution in [1.29, 1.82) is 0 Å². The summed E-state index contributed by atoms with van der Waals surface area (Å²) in [4.78, 5) is 29.9. The highest BCUT2D eigenvalue weighted by atomic mass is 32.2. The zero-order valence-corrected chi connectivity index (χ0v) is 15.1. The first kappa shape index (κ1) is 17.4. The van der Waals surface area contributed by atoms with Crippen LogP contribution in [0, 0.1) is 0 Å². The van der Waals surface area contributed by atoms with E-state index in [0.717, 1.165) is 6.42 Å². The van der Waals surface area contributed by atoms with Crippen LogP contribution in [0.1, 0.15) is 36.7 Å². The molecule has 1 aromatic heterocycles. The van der Waals surface area contributed by atoms with Crippen LogP contribution < -0.4 is 5.56 Å². The maximum absolute atomic E-state index is 12.9. The number of fused-ring (bicyclic) bond motifs is 1. The van der Waals surface area contributed by atoms with E-state index >= 15 is 0 Å². The Kier molecular flexibility index (Phi) is 5.34. The predicted molar refractivity (Wildman–Crippen MR) is 103 cm³/mol. The Hall–Kier alpha value is -2.40. The van der Waals surface area contributed by atoms with E-state index in [2.05, 4.69) is 4.98 Å². The molecule has 0 unspecified atom stereocenters. The van der Waals surface area contributed by atoms with Gasteiger partial charge in [-0.3, -0.25) is 14.2 Å². The van der Waals surface area contributed by atoms with Gasteiger partial charge in [-0.1, -0.05) is 61.2 Å². The number of aromatic nitrogens is 2. The molecule has 0 N–H and O–H groups in total. The van der Waals surface area contributed by atoms with Crippen LogP contribution in [0.25, 0.3) is 10.9 Å². The van der Waals surface area contributed by atoms with E-state index in [1.54, 1.807) is 22.8 Å². The van der Waals surface area contributed by atoms with E-state index in [1.807, 2.05) is 50.2 Å². The summed E-state index contributed by atoms with van der Waals surface area (Å²) < 4.78 is 1.71. The van der Waals surface area contributed by atoms with Gasteiger partial charge in [0.2, 0.25) is 0 Å². The maximum Gasteiger partial charge on any atom is 0.262 e. The molecule has 5 heteroatoms. The molecule has 1 heterocycles. The quantitative estimate of drug-likeness (QED) is 0.376. The van der Waals surface area contributed by atoms with Gasteiger partial charge in [-0.25, -0.2) is 4.98 Å². The molecule has 0 aliphatic heterocycles. The van der Waals surface area contributed by atoms with Gasteiger partial charge in [0.15, 0.2) is 10.9 Å². The van der Waals surface area contributed by atoms with Gasteiger partial charge in [-0.05, 0) is 25.5 Å². The largest absolute Gasteiger partial charge is 0.293 e. The molecule has 2 aromatic carbocycles. The normalized spacial score (nSPS) is 12.2. The van der Waals surface area contributed by atoms with Gasteiger partial charge in [0.1, 0.15) is 0 Å². The molecule has 3 aromatic rings. The Balaban J connectivity index is 1.97. The van der Waals surface area contributed by atoms with Gasteiger partial charge in [0, 0.05) is 11.6 Å². The summed E-state index contributed by atoms with van der Waals surface area (Å²) in [6.07, 6.45) is 0.820. The SMILES string of the molecule is CC[C@H](C)n1c(SCC(=O)c2ccccc2)nc2ccccc2c1=O. The maximum atomic E-state index is 12.9. The standard InChI is InChI=1S/C20H20N2O2S/c1-3-14(2)22-19(24)16-11-7-8-12-17(16)21-20(22)25-13-18(23)15-9-5-4-6-10-15/h4-12,14H,3,13H2,1-2H3/t14-/m0/s1. The number of carbonyl (C=O) groups is 1. The minimum Gasteiger partial charge on any atom is -0.293 e. The summed E-state index contributed by atoms with van der Waals surface area (Å²) in [6.45, 7) is 4.04. The fraction of sp³-hybridized carbons (Fsp3) is 0.250. The van der Waals surface area contributed by atoms with Crippen LogP contribution in [-0.4, -0.2) is 21.1 Å². The van der Waals surface area contributed by atoms with Crippen molar-refractivity contribution in [3.8, 4) is 0 Å². The number of hydrogen-bond donors (Lipinski definition) is 0. The monoisotopic (exact) mass is 352 g/mol. The fourth-order valence-electron chi connectivity index (χ4n) is 2.64. The summed E-state index contributed by atoms with van der Waals surface area (Å²) in [5, 5.41) is 1.21. The Morgan fingerprint density at radius 2 is 1.80 bits per heavy atom. The molecule has 0 spiro atoms. The topological polar surface area (TPSA) is 52.0 Å². The number of thioether (sulfide) groups is 1. The molecule has 1 atom stereocenters. The molecule has 0 amide bonds. The Morgan fingerprint density at radius 3 is 2.52 bits per heavy atom. The average Bonchev–Trinajstić information content (AvgIpc) is 2.66. The summed E-state index contributed by atoms with van der Waals surface area (Å²) in [6, 6.07) is 16.6. The summed E-state index contributed by atoms with van der Waals surface area (Å²) in [5.74, 6) is 0.286. The van der Waals surface area contributed by atoms with Crippen LogP contribution in [-0.2, 0) is 0 Å². The number of para-hydroxylation sites is 1. The molecule has 0 aliphatic carbocycles. The van der Waals surface area contributed by atoms with Crippen LogP contribution in [0.2, 0.25) is 0 Å². The van der Waals surface area contributed by atoms with Crippen LogP contribution in [0.3, 0.4) is 0 Å². The molecule has 25 heavy (non-hydrogen) atoms. The number of nitrogens with zero attached hydrogens (tertiary/aromatic N) is 2. The summed E-state index contributed by atoms with van der Waals surface area (Å²) >= 11 is 1.33. The van der Waals surface area contributed by atoms with Gasteiger partial charge in [0.05, 0.1) is 16.7 Å². The molecule has 0 saturated carbocycles. The number of benzene rings is 2. The lowest BCUT2D eigenvalue weighted by Gasteiger charge is -2.18. The van der Waals surface area contributed by atoms with Crippen LogP contribution in [0.4, 0.5) is 0 Å². The first-order chi connectivity index (χ1) is 12.1. The van der Waals surface area contributed by atoms with Gasteiger partial charge >= 0.3 is 0 Å². The highest BCUT2D eigenvalue weighted by Gasteiger charge is 2.17. The number of carbonyl (C=O) groups excluding carboxylic acids is 1. The second-order valence-electron chi connectivity index (χ2n) is 5.92. The molecule has 0 aliphatic rings. The molecule has 4 nitrogen and oxygen atoms in total. The molecule has 0 bridgehead atoms. The van der Waals surface area contributed by atoms with Gasteiger partial charge in [0.25, 0.3) is 5.56 Å². The third-order valence-electron chi connectivity index (χ3n) is 4.24. The highest BCUT2D eigenvalue weighted by Crippen LogP contribution is 2.23. The van der Waals surface area contributed by atoms with Crippen LogP contribution >= 0.6 is 11.8 Å². The van der Waals surface area contributed by atoms with Crippen molar-refractivity contribution >= 4 is 28.4 Å². The third kappa shape index (κ3) is 3.66. The lowest BCUT2D eigenvalue weighted by molar-refractivity contribution is 0.102. The van der Waals surface area contributed by atoms with Gasteiger partial charge in [-0.15, -0.1) is 0 Å². The second-order valence-corrected chi connectivity index (χ2v) is 6.86. The highest BCUT2D eigenvalue weighted by molar-refractivity contribution is 7.99. The lowest BCUT2D eigenvalue weighted by Crippen LogP contribution is -2.26. The van der Waals surface area contributed by atoms with E-state index < -0.39 is 0 Å². The predicted octanol–water partition coefficient (Wildman–Crippen LogP) is 4.34. The van der Waals surface area contributed by atoms with Crippen molar-refractivity contribution in [3.05, 3.63) is 70.5 Å². The minimum absolute atomic E-state index is 0.0268. The first-order valence-corrected chi connectivity index (χ1v) is 9.32. The Morgan fingerprint density at radius 1 is 1.12 bits per heavy atom. The molecule has 128 valence electrons. The zero-order chi connectivity index (χ0) is 17.8. The Bertz CT molecular complexity index is 951. The smallest absolute Gasteiger partial charge is 0.262 e. The molecular weight excluding hydrogens is 332 g/mol. The lowest BCUT2D eigenvalue weighted by atomic mass is 10.2. The van der Waals surface area contributed by atoms with Crippen molar-refractivity contribution in [3.63, 3.8) is 0 Å². The minimum atomic E-state index is -0.0467. The number of ketones is 1. The van der Waals surface area contributed by atoms with Crippen molar-refractivity contribution in [2.75, 3.05) is 5.75 Å². The van der Waals surface area contributed by atoms with E-state index in [-0.39, 0.29) is 23.1 Å². The van der Waals surface area contributed by atoms with Crippen molar-refractivity contribution in [1.82, 2.24) is 9.55 Å². The van der Waals surface area contributed by atoms with E-state index in [0.29, 0.717) is 21.6 Å². The van der Waals surface area contributed by atoms with E-state index in [9.17, 15) is 9.59 Å². The van der Waals surface area contributed by atoms with Crippen molar-refractivity contribution in [2.24, 2.45) is 0 Å².